The van der Waals surface area contributed by atoms with Crippen molar-refractivity contribution in [2.24, 2.45) is 0 Å². The molecule has 11 heavy (non-hydrogen) atoms. The predicted molar refractivity (Wildman–Crippen MR) is 50.5 cm³/mol. The highest BCUT2D eigenvalue weighted by molar-refractivity contribution is 6.59. The highest BCUT2D eigenvalue weighted by Gasteiger charge is 2.11. The van der Waals surface area contributed by atoms with E-state index >= 15 is 0 Å². The lowest BCUT2D eigenvalue weighted by molar-refractivity contribution is 0.426. The van der Waals surface area contributed by atoms with Gasteiger partial charge in [-0.2, -0.15) is 0 Å². The molecular formula is C6H9BCl2O2. The highest BCUT2D eigenvalue weighted by atomic mass is 35.5. The van der Waals surface area contributed by atoms with Crippen LogP contribution in [0.3, 0.4) is 0 Å². The molecule has 0 saturated heterocycles. The molecule has 2 N–H and O–H groups in total. The predicted octanol–water partition coefficient (Wildman–Crippen LogP) is 1.17. The molecule has 0 atom stereocenters. The first-order valence-electron chi connectivity index (χ1n) is 2.92. The maximum Gasteiger partial charge on any atom is 0.488 e. The molecule has 0 heterocycles. The van der Waals surface area contributed by atoms with E-state index in [-0.39, 0.29) is 2.85 Å². The Morgan fingerprint density at radius 1 is 1.18 bits per heavy atom. The Balaban J connectivity index is 0. The van der Waals surface area contributed by atoms with Gasteiger partial charge in [-0.25, -0.2) is 0 Å². The van der Waals surface area contributed by atoms with E-state index in [9.17, 15) is 0 Å². The molecule has 1 aromatic rings. The Labute approximate surface area is 77.5 Å². The standard InChI is InChI=1S/C6H5BCl2O2.2H2/c8-5-2-1-4(7(10)11)3-6(5)9;;/h1-3,10-11H;2*1H. The smallest absolute Gasteiger partial charge is 0.423 e. The van der Waals surface area contributed by atoms with Gasteiger partial charge >= 0.3 is 7.12 Å². The van der Waals surface area contributed by atoms with Gasteiger partial charge in [0.05, 0.1) is 10.0 Å². The molecule has 0 aliphatic rings. The van der Waals surface area contributed by atoms with E-state index in [2.05, 4.69) is 0 Å². The maximum atomic E-state index is 8.69. The summed E-state index contributed by atoms with van der Waals surface area (Å²) in [5.74, 6) is 0. The average Bonchev–Trinajstić information content (AvgIpc) is 1.94. The van der Waals surface area contributed by atoms with E-state index in [4.69, 9.17) is 33.2 Å². The molecule has 0 spiro atoms. The van der Waals surface area contributed by atoms with Gasteiger partial charge in [-0.15, -0.1) is 0 Å². The fourth-order valence-corrected chi connectivity index (χ4v) is 0.980. The number of benzene rings is 1. The van der Waals surface area contributed by atoms with Gasteiger partial charge in [-0.05, 0) is 17.6 Å². The van der Waals surface area contributed by atoms with Crippen molar-refractivity contribution in [3.8, 4) is 0 Å². The van der Waals surface area contributed by atoms with Crippen molar-refractivity contribution in [2.45, 2.75) is 0 Å². The molecular weight excluding hydrogens is 186 g/mol. The van der Waals surface area contributed by atoms with Crippen LogP contribution in [-0.4, -0.2) is 17.2 Å². The van der Waals surface area contributed by atoms with Crippen LogP contribution in [0.4, 0.5) is 0 Å². The van der Waals surface area contributed by atoms with Crippen molar-refractivity contribution in [3.63, 3.8) is 0 Å². The largest absolute Gasteiger partial charge is 0.488 e. The van der Waals surface area contributed by atoms with Crippen LogP contribution in [0.25, 0.3) is 0 Å². The zero-order chi connectivity index (χ0) is 8.43. The third-order valence-corrected chi connectivity index (χ3v) is 1.98. The summed E-state index contributed by atoms with van der Waals surface area (Å²) in [5.41, 5.74) is 0.333. The summed E-state index contributed by atoms with van der Waals surface area (Å²) in [4.78, 5) is 0. The minimum absolute atomic E-state index is 0. The van der Waals surface area contributed by atoms with Gasteiger partial charge in [-0.3, -0.25) is 0 Å². The second-order valence-corrected chi connectivity index (χ2v) is 2.86. The third-order valence-electron chi connectivity index (χ3n) is 1.24. The van der Waals surface area contributed by atoms with Gasteiger partial charge in [0.2, 0.25) is 0 Å². The van der Waals surface area contributed by atoms with E-state index in [0.29, 0.717) is 15.5 Å². The van der Waals surface area contributed by atoms with Crippen LogP contribution >= 0.6 is 23.2 Å². The topological polar surface area (TPSA) is 40.5 Å². The molecule has 1 rings (SSSR count). The minimum Gasteiger partial charge on any atom is -0.423 e. The summed E-state index contributed by atoms with van der Waals surface area (Å²) in [6.45, 7) is 0. The van der Waals surface area contributed by atoms with Gasteiger partial charge in [0, 0.05) is 2.85 Å². The van der Waals surface area contributed by atoms with Crippen LogP contribution in [0, 0.1) is 0 Å². The molecule has 0 aliphatic heterocycles. The van der Waals surface area contributed by atoms with Crippen LogP contribution in [-0.2, 0) is 0 Å². The van der Waals surface area contributed by atoms with Crippen LogP contribution in [0.5, 0.6) is 0 Å². The molecule has 0 fully saturated rings. The average molecular weight is 195 g/mol. The summed E-state index contributed by atoms with van der Waals surface area (Å²) in [6.07, 6.45) is 0. The lowest BCUT2D eigenvalue weighted by Gasteiger charge is -2.00. The summed E-state index contributed by atoms with van der Waals surface area (Å²) >= 11 is 11.2. The second-order valence-electron chi connectivity index (χ2n) is 2.05. The molecule has 2 nitrogen and oxygen atoms in total. The zero-order valence-corrected chi connectivity index (χ0v) is 6.97. The van der Waals surface area contributed by atoms with Crippen LogP contribution < -0.4 is 5.46 Å². The molecule has 0 radical (unpaired) electrons. The first-order valence-corrected chi connectivity index (χ1v) is 3.68. The van der Waals surface area contributed by atoms with Gasteiger partial charge < -0.3 is 10.0 Å². The molecule has 0 aromatic heterocycles. The van der Waals surface area contributed by atoms with Crippen molar-refractivity contribution in [3.05, 3.63) is 28.2 Å². The Morgan fingerprint density at radius 3 is 2.27 bits per heavy atom. The number of rotatable bonds is 1. The monoisotopic (exact) mass is 194 g/mol. The molecule has 0 saturated carbocycles. The fraction of sp³-hybridized carbons (Fsp3) is 0. The first-order chi connectivity index (χ1) is 5.11. The summed E-state index contributed by atoms with van der Waals surface area (Å²) in [6, 6.07) is 4.42. The molecule has 0 amide bonds. The van der Waals surface area contributed by atoms with E-state index < -0.39 is 7.12 Å². The van der Waals surface area contributed by atoms with Gasteiger partial charge in [0.15, 0.2) is 0 Å². The molecule has 5 heteroatoms. The van der Waals surface area contributed by atoms with Crippen molar-refractivity contribution in [2.75, 3.05) is 0 Å². The van der Waals surface area contributed by atoms with E-state index in [1.54, 1.807) is 0 Å². The second kappa shape index (κ2) is 3.45. The van der Waals surface area contributed by atoms with Crippen molar-refractivity contribution in [1.29, 1.82) is 0 Å². The van der Waals surface area contributed by atoms with Gasteiger partial charge in [0.1, 0.15) is 0 Å². The number of hydrogen-bond acceptors (Lipinski definition) is 2. The number of halogens is 2. The summed E-state index contributed by atoms with van der Waals surface area (Å²) in [7, 11) is -1.50. The molecule has 0 aliphatic carbocycles. The normalized spacial score (nSPS) is 9.82. The quantitative estimate of drug-likeness (QED) is 0.660. The summed E-state index contributed by atoms with van der Waals surface area (Å²) < 4.78 is 0. The Hall–Kier alpha value is -0.215. The zero-order valence-electron chi connectivity index (χ0n) is 5.46. The molecule has 62 valence electrons. The number of hydrogen-bond donors (Lipinski definition) is 2. The minimum atomic E-state index is -1.50. The molecule has 1 aromatic carbocycles. The lowest BCUT2D eigenvalue weighted by atomic mass is 9.80. The van der Waals surface area contributed by atoms with Gasteiger partial charge in [-0.1, -0.05) is 29.3 Å². The Morgan fingerprint density at radius 2 is 1.82 bits per heavy atom. The SMILES string of the molecule is OB(O)c1ccc(Cl)c(Cl)c1.[HH].[HH]. The highest BCUT2D eigenvalue weighted by Crippen LogP contribution is 2.18. The van der Waals surface area contributed by atoms with Crippen molar-refractivity contribution < 1.29 is 12.9 Å². The molecule has 0 bridgehead atoms. The Bertz CT molecular complexity index is 273. The van der Waals surface area contributed by atoms with E-state index in [1.807, 2.05) is 0 Å². The maximum absolute atomic E-state index is 8.69. The lowest BCUT2D eigenvalue weighted by Crippen LogP contribution is -2.29. The van der Waals surface area contributed by atoms with Gasteiger partial charge in [0.25, 0.3) is 0 Å². The third kappa shape index (κ3) is 2.10. The Kier molecular flexibility index (Phi) is 2.79. The van der Waals surface area contributed by atoms with Crippen LogP contribution in [0.2, 0.25) is 10.0 Å². The fourth-order valence-electron chi connectivity index (χ4n) is 0.673. The van der Waals surface area contributed by atoms with Crippen molar-refractivity contribution >= 4 is 35.8 Å². The first kappa shape index (κ1) is 8.88. The summed E-state index contributed by atoms with van der Waals surface area (Å²) in [5, 5.41) is 18.1. The van der Waals surface area contributed by atoms with Crippen molar-refractivity contribution in [1.82, 2.24) is 0 Å². The van der Waals surface area contributed by atoms with Crippen LogP contribution in [0.1, 0.15) is 2.85 Å². The molecule has 0 unspecified atom stereocenters. The van der Waals surface area contributed by atoms with Crippen LogP contribution in [0.15, 0.2) is 18.2 Å². The van der Waals surface area contributed by atoms with E-state index in [1.165, 1.54) is 18.2 Å². The van der Waals surface area contributed by atoms with E-state index in [0.717, 1.165) is 0 Å².